The maximum atomic E-state index is 13.1. The van der Waals surface area contributed by atoms with E-state index in [4.69, 9.17) is 20.3 Å². The number of nitrogens with two attached hydrogens (primary N) is 1. The van der Waals surface area contributed by atoms with Gasteiger partial charge in [0.2, 0.25) is 17.7 Å². The average Bonchev–Trinajstić information content (AvgIpc) is 3.32. The van der Waals surface area contributed by atoms with Gasteiger partial charge in [0.05, 0.1) is 31.8 Å². The van der Waals surface area contributed by atoms with Crippen molar-refractivity contribution in [2.75, 3.05) is 33.0 Å². The Morgan fingerprint density at radius 2 is 1.31 bits per heavy atom. The number of hydrogen-bond acceptors (Lipinski definition) is 12. The van der Waals surface area contributed by atoms with Crippen LogP contribution < -0.4 is 16.4 Å². The number of carboxylic acids is 3. The number of benzene rings is 1. The fraction of sp³-hybridized carbons (Fsp3) is 0.692. The van der Waals surface area contributed by atoms with Crippen molar-refractivity contribution in [3.05, 3.63) is 35.4 Å². The third kappa shape index (κ3) is 27.7. The largest absolute Gasteiger partial charge is 0.481 e. The maximum absolute atomic E-state index is 13.1. The Morgan fingerprint density at radius 1 is 0.629 bits per heavy atom. The topological polar surface area (TPSA) is 300 Å². The summed E-state index contributed by atoms with van der Waals surface area (Å²) in [6.45, 7) is 3.21. The molecule has 0 aromatic heterocycles. The molecule has 1 aromatic carbocycles. The molecule has 7 N–H and O–H groups in total. The van der Waals surface area contributed by atoms with Crippen molar-refractivity contribution in [1.82, 2.24) is 10.6 Å². The second-order valence-corrected chi connectivity index (χ2v) is 18.6. The first kappa shape index (κ1) is 60.8. The van der Waals surface area contributed by atoms with Gasteiger partial charge in [-0.15, -0.1) is 0 Å². The smallest absolute Gasteiger partial charge is 0.306 e. The van der Waals surface area contributed by atoms with E-state index in [0.717, 1.165) is 25.7 Å². The SMILES string of the molecule is CCCCCc1ccc(C(=O)CCCCC[C@H](CC(=O)CCOCCOCCCC(=O)[C@H](CCC(=O)O)NC(=O)CC[C@H](CC(=O)C2CCC(CNC(=O)CCCC(=O)O)CC2)C(=O)O)C(N)=O)cc1. The summed E-state index contributed by atoms with van der Waals surface area (Å²) in [4.78, 5) is 122. The molecule has 0 unspecified atom stereocenters. The highest BCUT2D eigenvalue weighted by Crippen LogP contribution is 2.31. The monoisotopic (exact) mass is 986 g/mol. The highest BCUT2D eigenvalue weighted by atomic mass is 16.5. The van der Waals surface area contributed by atoms with Crippen LogP contribution in [0.2, 0.25) is 0 Å². The molecule has 1 aromatic rings. The predicted octanol–water partition coefficient (Wildman–Crippen LogP) is 6.35. The average molecular weight is 986 g/mol. The molecule has 392 valence electrons. The van der Waals surface area contributed by atoms with E-state index in [1.807, 2.05) is 24.3 Å². The van der Waals surface area contributed by atoms with Crippen molar-refractivity contribution in [3.8, 4) is 0 Å². The standard InChI is InChI=1S/C52H79N3O15/c1-2-3-5-10-36-16-20-38(21-17-36)44(57)12-7-4-6-11-40(51(53)66)33-42(56)28-30-70-32-31-69-29-9-13-45(58)43(25-27-50(64)65)55-48(61)26-24-41(52(67)68)34-46(59)39-22-18-37(19-23-39)35-54-47(60)14-8-15-49(62)63/h16-17,20-21,37,39-41,43H,2-15,18-19,22-35H2,1H3,(H2,53,66)(H,54,60)(H,55,61)(H,62,63)(H,64,65)(H,67,68)/t37?,39?,40-,41-,43+/m1/s1. The van der Waals surface area contributed by atoms with Gasteiger partial charge in [-0.05, 0) is 88.5 Å². The summed E-state index contributed by atoms with van der Waals surface area (Å²) < 4.78 is 11.0. The van der Waals surface area contributed by atoms with Gasteiger partial charge in [-0.1, -0.05) is 56.9 Å². The van der Waals surface area contributed by atoms with Crippen LogP contribution in [0, 0.1) is 23.7 Å². The quantitative estimate of drug-likeness (QED) is 0.0307. The van der Waals surface area contributed by atoms with Crippen molar-refractivity contribution in [2.24, 2.45) is 29.4 Å². The summed E-state index contributed by atoms with van der Waals surface area (Å²) in [5.41, 5.74) is 7.52. The number of nitrogens with one attached hydrogen (secondary N) is 2. The summed E-state index contributed by atoms with van der Waals surface area (Å²) in [7, 11) is 0. The number of unbranched alkanes of at least 4 members (excludes halogenated alkanes) is 4. The molecule has 18 nitrogen and oxygen atoms in total. The van der Waals surface area contributed by atoms with Crippen molar-refractivity contribution in [1.29, 1.82) is 0 Å². The van der Waals surface area contributed by atoms with Crippen molar-refractivity contribution >= 4 is 58.8 Å². The lowest BCUT2D eigenvalue weighted by Crippen LogP contribution is -2.41. The van der Waals surface area contributed by atoms with Gasteiger partial charge < -0.3 is 41.2 Å². The van der Waals surface area contributed by atoms with E-state index in [1.54, 1.807) is 0 Å². The maximum Gasteiger partial charge on any atom is 0.306 e. The summed E-state index contributed by atoms with van der Waals surface area (Å²) in [6, 6.07) is 6.70. The molecule has 1 saturated carbocycles. The number of carbonyl (C=O) groups is 10. The van der Waals surface area contributed by atoms with Gasteiger partial charge in [-0.3, -0.25) is 47.9 Å². The molecule has 18 heteroatoms. The molecule has 0 spiro atoms. The second kappa shape index (κ2) is 35.7. The lowest BCUT2D eigenvalue weighted by Gasteiger charge is -2.28. The third-order valence-corrected chi connectivity index (χ3v) is 12.9. The molecule has 70 heavy (non-hydrogen) atoms. The number of ketones is 4. The Hall–Kier alpha value is -5.36. The summed E-state index contributed by atoms with van der Waals surface area (Å²) in [5.74, 6) is -7.37. The first-order valence-corrected chi connectivity index (χ1v) is 25.3. The molecule has 3 amide bonds. The third-order valence-electron chi connectivity index (χ3n) is 12.9. The molecule has 3 atom stereocenters. The van der Waals surface area contributed by atoms with E-state index < -0.39 is 53.4 Å². The molecule has 0 bridgehead atoms. The molecular weight excluding hydrogens is 907 g/mol. The Morgan fingerprint density at radius 3 is 1.96 bits per heavy atom. The van der Waals surface area contributed by atoms with Gasteiger partial charge in [-0.25, -0.2) is 0 Å². The van der Waals surface area contributed by atoms with Crippen LogP contribution in [0.25, 0.3) is 0 Å². The number of rotatable bonds is 42. The van der Waals surface area contributed by atoms with Gasteiger partial charge in [0.25, 0.3) is 0 Å². The number of primary amides is 1. The number of carboxylic acid groups (broad SMARTS) is 3. The summed E-state index contributed by atoms with van der Waals surface area (Å²) >= 11 is 0. The van der Waals surface area contributed by atoms with Crippen molar-refractivity contribution in [2.45, 2.75) is 173 Å². The number of Topliss-reactive ketones (excluding diaryl/α,β-unsaturated/α-hetero) is 4. The minimum Gasteiger partial charge on any atom is -0.481 e. The van der Waals surface area contributed by atoms with Gasteiger partial charge in [-0.2, -0.15) is 0 Å². The minimum absolute atomic E-state index is 0.0143. The van der Waals surface area contributed by atoms with Gasteiger partial charge in [0.1, 0.15) is 11.6 Å². The van der Waals surface area contributed by atoms with E-state index in [1.165, 1.54) is 12.0 Å². The molecule has 1 aliphatic carbocycles. The van der Waals surface area contributed by atoms with Crippen LogP contribution in [0.5, 0.6) is 0 Å². The molecule has 0 aliphatic heterocycles. The molecule has 0 heterocycles. The molecule has 0 radical (unpaired) electrons. The number of aliphatic carboxylic acids is 3. The molecule has 2 rings (SSSR count). The van der Waals surface area contributed by atoms with Gasteiger partial charge in [0, 0.05) is 88.3 Å². The van der Waals surface area contributed by atoms with Crippen molar-refractivity contribution in [3.63, 3.8) is 0 Å². The number of ether oxygens (including phenoxy) is 2. The van der Waals surface area contributed by atoms with Gasteiger partial charge in [0.15, 0.2) is 11.6 Å². The Bertz CT molecular complexity index is 1830. The number of carbonyl (C=O) groups excluding carboxylic acids is 7. The van der Waals surface area contributed by atoms with Gasteiger partial charge >= 0.3 is 17.9 Å². The highest BCUT2D eigenvalue weighted by molar-refractivity contribution is 5.96. The molecule has 1 fully saturated rings. The fourth-order valence-corrected chi connectivity index (χ4v) is 8.50. The number of hydrogen-bond donors (Lipinski definition) is 6. The van der Waals surface area contributed by atoms with Crippen LogP contribution in [0.15, 0.2) is 24.3 Å². The first-order chi connectivity index (χ1) is 33.5. The van der Waals surface area contributed by atoms with Crippen LogP contribution in [-0.4, -0.2) is 113 Å². The van der Waals surface area contributed by atoms with Crippen LogP contribution in [0.4, 0.5) is 0 Å². The summed E-state index contributed by atoms with van der Waals surface area (Å²) in [5, 5.41) is 33.1. The highest BCUT2D eigenvalue weighted by Gasteiger charge is 2.31. The van der Waals surface area contributed by atoms with Crippen LogP contribution in [0.3, 0.4) is 0 Å². The zero-order valence-corrected chi connectivity index (χ0v) is 41.2. The number of amides is 3. The lowest BCUT2D eigenvalue weighted by molar-refractivity contribution is -0.145. The molecular formula is C52H79N3O15. The van der Waals surface area contributed by atoms with Crippen LogP contribution in [0.1, 0.15) is 177 Å². The zero-order valence-electron chi connectivity index (χ0n) is 41.2. The zero-order chi connectivity index (χ0) is 51.7. The Balaban J connectivity index is 1.62. The lowest BCUT2D eigenvalue weighted by atomic mass is 9.78. The van der Waals surface area contributed by atoms with Crippen LogP contribution >= 0.6 is 0 Å². The predicted molar refractivity (Wildman–Crippen MR) is 259 cm³/mol. The van der Waals surface area contributed by atoms with E-state index in [-0.39, 0.29) is 139 Å². The summed E-state index contributed by atoms with van der Waals surface area (Å²) in [6.07, 6.45) is 9.20. The van der Waals surface area contributed by atoms with Crippen molar-refractivity contribution < 1.29 is 72.7 Å². The van der Waals surface area contributed by atoms with E-state index in [9.17, 15) is 58.2 Å². The van der Waals surface area contributed by atoms with E-state index in [0.29, 0.717) is 63.5 Å². The Kier molecular flexibility index (Phi) is 31.0. The number of aryl methyl sites for hydroxylation is 1. The Labute approximate surface area is 412 Å². The molecule has 1 aliphatic rings. The van der Waals surface area contributed by atoms with E-state index in [2.05, 4.69) is 17.6 Å². The minimum atomic E-state index is -1.23. The van der Waals surface area contributed by atoms with Crippen LogP contribution in [-0.2, 0) is 59.0 Å². The molecule has 0 saturated heterocycles. The van der Waals surface area contributed by atoms with E-state index >= 15 is 0 Å². The first-order valence-electron chi connectivity index (χ1n) is 25.3. The normalized spacial score (nSPS) is 15.8. The fourth-order valence-electron chi connectivity index (χ4n) is 8.50. The second-order valence-electron chi connectivity index (χ2n) is 18.6.